The molecular weight excluding hydrogens is 316 g/mol. The summed E-state index contributed by atoms with van der Waals surface area (Å²) in [6.45, 7) is 0. The van der Waals surface area contributed by atoms with E-state index in [1.807, 2.05) is 42.3 Å². The molecule has 0 atom stereocenters. The number of hydrogen-bond acceptors (Lipinski definition) is 1. The Labute approximate surface area is 108 Å². The summed E-state index contributed by atoms with van der Waals surface area (Å²) in [5.74, 6) is -0.204. The van der Waals surface area contributed by atoms with E-state index in [0.29, 0.717) is 5.69 Å². The molecule has 3 heteroatoms. The number of rotatable bonds is 2. The molecule has 1 nitrogen and oxygen atoms in total. The molecule has 0 heterocycles. The minimum absolute atomic E-state index is 0.204. The van der Waals surface area contributed by atoms with Gasteiger partial charge in [-0.15, -0.1) is 0 Å². The van der Waals surface area contributed by atoms with Crippen LogP contribution in [0.25, 0.3) is 0 Å². The first-order valence-corrected chi connectivity index (χ1v) is 6.01. The molecule has 0 aliphatic carbocycles. The van der Waals surface area contributed by atoms with Crippen LogP contribution in [0.4, 0.5) is 15.8 Å². The molecule has 0 aliphatic rings. The van der Waals surface area contributed by atoms with E-state index < -0.39 is 0 Å². The smallest absolute Gasteiger partial charge is 0.146 e. The van der Waals surface area contributed by atoms with Gasteiger partial charge in [0.1, 0.15) is 5.82 Å². The third kappa shape index (κ3) is 2.19. The van der Waals surface area contributed by atoms with Crippen molar-refractivity contribution in [2.75, 3.05) is 11.9 Å². The van der Waals surface area contributed by atoms with Crippen LogP contribution in [-0.2, 0) is 0 Å². The van der Waals surface area contributed by atoms with Crippen molar-refractivity contribution >= 4 is 34.0 Å². The van der Waals surface area contributed by atoms with Crippen molar-refractivity contribution in [2.45, 2.75) is 0 Å². The molecule has 2 rings (SSSR count). The first-order valence-electron chi connectivity index (χ1n) is 4.93. The fourth-order valence-electron chi connectivity index (χ4n) is 1.58. The molecule has 0 aliphatic heterocycles. The van der Waals surface area contributed by atoms with Crippen molar-refractivity contribution in [1.29, 1.82) is 0 Å². The maximum atomic E-state index is 13.6. The Balaban J connectivity index is 2.44. The van der Waals surface area contributed by atoms with Crippen LogP contribution in [0.1, 0.15) is 0 Å². The summed E-state index contributed by atoms with van der Waals surface area (Å²) in [6, 6.07) is 14.7. The molecule has 0 bridgehead atoms. The minimum atomic E-state index is -0.204. The average Bonchev–Trinajstić information content (AvgIpc) is 2.29. The lowest BCUT2D eigenvalue weighted by Crippen LogP contribution is -2.12. The predicted molar refractivity (Wildman–Crippen MR) is 73.6 cm³/mol. The second-order valence-electron chi connectivity index (χ2n) is 3.46. The maximum Gasteiger partial charge on any atom is 0.146 e. The van der Waals surface area contributed by atoms with E-state index >= 15 is 0 Å². The summed E-state index contributed by atoms with van der Waals surface area (Å²) in [4.78, 5) is 1.86. The predicted octanol–water partition coefficient (Wildman–Crippen LogP) is 4.20. The van der Waals surface area contributed by atoms with E-state index in [1.54, 1.807) is 12.1 Å². The number of anilines is 2. The van der Waals surface area contributed by atoms with Gasteiger partial charge in [-0.3, -0.25) is 0 Å². The molecule has 0 saturated heterocycles. The van der Waals surface area contributed by atoms with Crippen LogP contribution < -0.4 is 4.90 Å². The molecule has 0 amide bonds. The van der Waals surface area contributed by atoms with E-state index in [-0.39, 0.29) is 5.82 Å². The van der Waals surface area contributed by atoms with Crippen LogP contribution in [0.15, 0.2) is 48.5 Å². The zero-order chi connectivity index (χ0) is 11.5. The van der Waals surface area contributed by atoms with Crippen LogP contribution in [-0.4, -0.2) is 7.05 Å². The Morgan fingerprint density at radius 1 is 0.938 bits per heavy atom. The van der Waals surface area contributed by atoms with Crippen molar-refractivity contribution in [2.24, 2.45) is 0 Å². The molecule has 16 heavy (non-hydrogen) atoms. The number of hydrogen-bond donors (Lipinski definition) is 0. The molecule has 2 aromatic rings. The number of nitrogens with zero attached hydrogens (tertiary/aromatic N) is 1. The standard InChI is InChI=1S/C13H11FIN/c1-16(12-8-4-2-6-10(12)14)13-9-5-3-7-11(13)15/h2-9H,1H3. The van der Waals surface area contributed by atoms with Crippen molar-refractivity contribution in [3.05, 3.63) is 57.9 Å². The van der Waals surface area contributed by atoms with Gasteiger partial charge >= 0.3 is 0 Å². The van der Waals surface area contributed by atoms with Gasteiger partial charge < -0.3 is 4.90 Å². The lowest BCUT2D eigenvalue weighted by atomic mass is 10.2. The quantitative estimate of drug-likeness (QED) is 0.748. The van der Waals surface area contributed by atoms with Gasteiger partial charge in [0.15, 0.2) is 0 Å². The van der Waals surface area contributed by atoms with E-state index in [1.165, 1.54) is 6.07 Å². The molecule has 0 unspecified atom stereocenters. The number of halogens is 2. The summed E-state index contributed by atoms with van der Waals surface area (Å²) in [5, 5.41) is 0. The fourth-order valence-corrected chi connectivity index (χ4v) is 2.33. The van der Waals surface area contributed by atoms with Crippen molar-refractivity contribution in [3.8, 4) is 0 Å². The second kappa shape index (κ2) is 4.82. The van der Waals surface area contributed by atoms with Crippen LogP contribution >= 0.6 is 22.6 Å². The average molecular weight is 327 g/mol. The summed E-state index contributed by atoms with van der Waals surface area (Å²) >= 11 is 2.25. The topological polar surface area (TPSA) is 3.24 Å². The van der Waals surface area contributed by atoms with Gasteiger partial charge in [0.05, 0.1) is 11.4 Å². The Bertz CT molecular complexity index is 453. The van der Waals surface area contributed by atoms with Gasteiger partial charge in [-0.2, -0.15) is 0 Å². The van der Waals surface area contributed by atoms with Gasteiger partial charge in [-0.1, -0.05) is 24.3 Å². The molecule has 0 spiro atoms. The van der Waals surface area contributed by atoms with Crippen LogP contribution in [0, 0.1) is 9.39 Å². The Hall–Kier alpha value is -1.10. The van der Waals surface area contributed by atoms with Gasteiger partial charge in [0.2, 0.25) is 0 Å². The molecule has 0 fully saturated rings. The largest absolute Gasteiger partial charge is 0.341 e. The summed E-state index contributed by atoms with van der Waals surface area (Å²) < 4.78 is 14.7. The SMILES string of the molecule is CN(c1ccccc1F)c1ccccc1I. The lowest BCUT2D eigenvalue weighted by molar-refractivity contribution is 0.627. The molecule has 82 valence electrons. The van der Waals surface area contributed by atoms with Gasteiger partial charge in [-0.25, -0.2) is 4.39 Å². The number of para-hydroxylation sites is 2. The summed E-state index contributed by atoms with van der Waals surface area (Å²) in [6.07, 6.45) is 0. The minimum Gasteiger partial charge on any atom is -0.341 e. The second-order valence-corrected chi connectivity index (χ2v) is 4.62. The third-order valence-electron chi connectivity index (χ3n) is 2.43. The van der Waals surface area contributed by atoms with E-state index in [2.05, 4.69) is 22.6 Å². The molecule has 0 aromatic heterocycles. The Kier molecular flexibility index (Phi) is 3.43. The van der Waals surface area contributed by atoms with Crippen molar-refractivity contribution < 1.29 is 4.39 Å². The normalized spacial score (nSPS) is 10.2. The summed E-state index contributed by atoms with van der Waals surface area (Å²) in [5.41, 5.74) is 1.60. The molecule has 0 saturated carbocycles. The molecular formula is C13H11FIN. The molecule has 0 N–H and O–H groups in total. The lowest BCUT2D eigenvalue weighted by Gasteiger charge is -2.21. The Morgan fingerprint density at radius 3 is 2.12 bits per heavy atom. The maximum absolute atomic E-state index is 13.6. The van der Waals surface area contributed by atoms with Crippen LogP contribution in [0.2, 0.25) is 0 Å². The monoisotopic (exact) mass is 327 g/mol. The van der Waals surface area contributed by atoms with E-state index in [4.69, 9.17) is 0 Å². The fraction of sp³-hybridized carbons (Fsp3) is 0.0769. The van der Waals surface area contributed by atoms with E-state index in [9.17, 15) is 4.39 Å². The number of benzene rings is 2. The first-order chi connectivity index (χ1) is 7.70. The first kappa shape index (κ1) is 11.4. The van der Waals surface area contributed by atoms with Gasteiger partial charge in [-0.05, 0) is 46.9 Å². The molecule has 0 radical (unpaired) electrons. The van der Waals surface area contributed by atoms with Crippen molar-refractivity contribution in [1.82, 2.24) is 0 Å². The Morgan fingerprint density at radius 2 is 1.50 bits per heavy atom. The highest BCUT2D eigenvalue weighted by molar-refractivity contribution is 14.1. The van der Waals surface area contributed by atoms with Crippen molar-refractivity contribution in [3.63, 3.8) is 0 Å². The van der Waals surface area contributed by atoms with Crippen LogP contribution in [0.5, 0.6) is 0 Å². The van der Waals surface area contributed by atoms with Gasteiger partial charge in [0, 0.05) is 10.6 Å². The zero-order valence-electron chi connectivity index (χ0n) is 8.82. The van der Waals surface area contributed by atoms with E-state index in [0.717, 1.165) is 9.26 Å². The highest BCUT2D eigenvalue weighted by Crippen LogP contribution is 2.29. The zero-order valence-corrected chi connectivity index (χ0v) is 11.0. The summed E-state index contributed by atoms with van der Waals surface area (Å²) in [7, 11) is 1.87. The molecule has 2 aromatic carbocycles. The highest BCUT2D eigenvalue weighted by Gasteiger charge is 2.10. The highest BCUT2D eigenvalue weighted by atomic mass is 127. The van der Waals surface area contributed by atoms with Gasteiger partial charge in [0.25, 0.3) is 0 Å². The van der Waals surface area contributed by atoms with Crippen LogP contribution in [0.3, 0.4) is 0 Å². The third-order valence-corrected chi connectivity index (χ3v) is 3.34.